The van der Waals surface area contributed by atoms with Crippen LogP contribution in [0.25, 0.3) is 23.4 Å². The van der Waals surface area contributed by atoms with Crippen LogP contribution in [0.15, 0.2) is 70.6 Å². The Balaban J connectivity index is 1.75. The van der Waals surface area contributed by atoms with E-state index in [0.717, 1.165) is 17.2 Å². The van der Waals surface area contributed by atoms with E-state index in [1.807, 2.05) is 72.2 Å². The molecule has 4 aromatic rings. The number of aromatic amines is 1. The maximum absolute atomic E-state index is 12.8. The van der Waals surface area contributed by atoms with Gasteiger partial charge in [-0.1, -0.05) is 54.7 Å². The molecule has 7 heteroatoms. The predicted octanol–water partition coefficient (Wildman–Crippen LogP) is 2.00. The number of benzene rings is 2. The van der Waals surface area contributed by atoms with Gasteiger partial charge in [-0.3, -0.25) is 14.5 Å². The maximum atomic E-state index is 12.8. The first-order valence-electron chi connectivity index (χ1n) is 8.35. The average molecular weight is 375 g/mol. The summed E-state index contributed by atoms with van der Waals surface area (Å²) in [5, 5.41) is 14.9. The summed E-state index contributed by atoms with van der Waals surface area (Å²) in [6.07, 6.45) is 0. The summed E-state index contributed by atoms with van der Waals surface area (Å²) in [5.41, 5.74) is 1.59. The number of para-hydroxylation sites is 2. The summed E-state index contributed by atoms with van der Waals surface area (Å²) in [4.78, 5) is 12.8. The van der Waals surface area contributed by atoms with Gasteiger partial charge in [0.15, 0.2) is 5.16 Å². The molecule has 1 N–H and O–H groups in total. The second-order valence-corrected chi connectivity index (χ2v) is 6.75. The first kappa shape index (κ1) is 17.1. The lowest BCUT2D eigenvalue weighted by Gasteiger charge is -2.06. The molecule has 4 rings (SSSR count). The van der Waals surface area contributed by atoms with Gasteiger partial charge in [0.1, 0.15) is 5.82 Å². The molecule has 0 spiro atoms. The zero-order valence-corrected chi connectivity index (χ0v) is 15.5. The fraction of sp³-hybridized carbons (Fsp3) is 0.0500. The van der Waals surface area contributed by atoms with E-state index in [9.17, 15) is 4.79 Å². The van der Waals surface area contributed by atoms with E-state index in [0.29, 0.717) is 15.7 Å². The molecule has 2 aromatic carbocycles. The van der Waals surface area contributed by atoms with Crippen molar-refractivity contribution < 1.29 is 0 Å². The van der Waals surface area contributed by atoms with E-state index in [2.05, 4.69) is 21.9 Å². The Bertz CT molecular complexity index is 1240. The molecule has 0 radical (unpaired) electrons. The lowest BCUT2D eigenvalue weighted by molar-refractivity contribution is 0.838. The number of aryl methyl sites for hydroxylation is 1. The molecule has 0 saturated carbocycles. The van der Waals surface area contributed by atoms with Gasteiger partial charge in [-0.15, -0.1) is 10.2 Å². The van der Waals surface area contributed by atoms with Crippen LogP contribution in [0.3, 0.4) is 0 Å². The highest BCUT2D eigenvalue weighted by molar-refractivity contribution is 8.06. The number of rotatable bonds is 4. The quantitative estimate of drug-likeness (QED) is 0.554. The lowest BCUT2D eigenvalue weighted by Crippen LogP contribution is -2.33. The zero-order valence-electron chi connectivity index (χ0n) is 14.7. The highest BCUT2D eigenvalue weighted by Crippen LogP contribution is 2.22. The van der Waals surface area contributed by atoms with Crippen molar-refractivity contribution in [3.8, 4) is 11.4 Å². The van der Waals surface area contributed by atoms with Crippen molar-refractivity contribution in [2.24, 2.45) is 0 Å². The van der Waals surface area contributed by atoms with Gasteiger partial charge in [0, 0.05) is 5.69 Å². The Labute approximate surface area is 159 Å². The van der Waals surface area contributed by atoms with E-state index in [1.165, 1.54) is 16.4 Å². The van der Waals surface area contributed by atoms with Crippen molar-refractivity contribution >= 4 is 23.7 Å². The highest BCUT2D eigenvalue weighted by Gasteiger charge is 2.11. The van der Waals surface area contributed by atoms with Gasteiger partial charge >= 0.3 is 0 Å². The predicted molar refractivity (Wildman–Crippen MR) is 108 cm³/mol. The van der Waals surface area contributed by atoms with Gasteiger partial charge in [0.25, 0.3) is 5.56 Å². The van der Waals surface area contributed by atoms with E-state index < -0.39 is 0 Å². The van der Waals surface area contributed by atoms with Gasteiger partial charge in [-0.05, 0) is 36.6 Å². The third-order valence-electron chi connectivity index (χ3n) is 4.11. The molecule has 0 bridgehead atoms. The van der Waals surface area contributed by atoms with E-state index >= 15 is 0 Å². The summed E-state index contributed by atoms with van der Waals surface area (Å²) in [6.45, 7) is 5.86. The van der Waals surface area contributed by atoms with E-state index in [4.69, 9.17) is 0 Å². The summed E-state index contributed by atoms with van der Waals surface area (Å²) < 4.78 is 3.44. The Morgan fingerprint density at radius 3 is 2.30 bits per heavy atom. The van der Waals surface area contributed by atoms with Crippen molar-refractivity contribution in [3.63, 3.8) is 0 Å². The SMILES string of the molecule is C=c1[nH]n(-c2ccccc2)c(=O)c1=CSc1nnc(C)n1-c1ccccc1. The molecule has 6 nitrogen and oxygen atoms in total. The molecule has 0 amide bonds. The molecule has 134 valence electrons. The zero-order chi connectivity index (χ0) is 18.8. The molecule has 0 aliphatic carbocycles. The smallest absolute Gasteiger partial charge is 0.279 e. The molecule has 0 aliphatic rings. The first-order chi connectivity index (χ1) is 13.1. The van der Waals surface area contributed by atoms with E-state index in [1.54, 1.807) is 5.41 Å². The Morgan fingerprint density at radius 1 is 1.00 bits per heavy atom. The number of H-pyrrole nitrogens is 1. The van der Waals surface area contributed by atoms with Crippen LogP contribution in [-0.4, -0.2) is 24.5 Å². The van der Waals surface area contributed by atoms with Crippen LogP contribution < -0.4 is 16.1 Å². The summed E-state index contributed by atoms with van der Waals surface area (Å²) in [7, 11) is 0. The fourth-order valence-corrected chi connectivity index (χ4v) is 3.68. The topological polar surface area (TPSA) is 68.5 Å². The van der Waals surface area contributed by atoms with Gasteiger partial charge in [0.05, 0.1) is 16.3 Å². The molecule has 0 fully saturated rings. The van der Waals surface area contributed by atoms with Gasteiger partial charge < -0.3 is 0 Å². The fourth-order valence-electron chi connectivity index (χ4n) is 2.78. The normalized spacial score (nSPS) is 11.8. The number of hydrogen-bond donors (Lipinski definition) is 1. The lowest BCUT2D eigenvalue weighted by atomic mass is 10.3. The van der Waals surface area contributed by atoms with Crippen LogP contribution in [0.4, 0.5) is 0 Å². The second-order valence-electron chi connectivity index (χ2n) is 5.92. The number of nitrogens with one attached hydrogen (secondary N) is 1. The summed E-state index contributed by atoms with van der Waals surface area (Å²) >= 11 is 1.34. The van der Waals surface area contributed by atoms with Crippen LogP contribution in [-0.2, 0) is 0 Å². The van der Waals surface area contributed by atoms with Crippen molar-refractivity contribution in [3.05, 3.63) is 87.4 Å². The number of hydrogen-bond acceptors (Lipinski definition) is 4. The Hall–Kier alpha value is -3.32. The van der Waals surface area contributed by atoms with Crippen LogP contribution in [0, 0.1) is 6.92 Å². The monoisotopic (exact) mass is 375 g/mol. The minimum atomic E-state index is -0.152. The molecule has 0 saturated heterocycles. The third kappa shape index (κ3) is 3.24. The minimum absolute atomic E-state index is 0.152. The molecule has 27 heavy (non-hydrogen) atoms. The van der Waals surface area contributed by atoms with Gasteiger partial charge in [0.2, 0.25) is 0 Å². The standard InChI is InChI=1S/C20H17N5OS/c1-14-18(19(26)25(23-14)17-11-7-4-8-12-17)13-27-20-22-21-15(2)24(20)16-9-5-3-6-10-16/h3-13,23H,1H2,2H3. The molecule has 0 unspecified atom stereocenters. The summed E-state index contributed by atoms with van der Waals surface area (Å²) in [5.74, 6) is 0.780. The van der Waals surface area contributed by atoms with Crippen LogP contribution in [0.1, 0.15) is 5.82 Å². The molecule has 0 atom stereocenters. The molecular formula is C20H17N5OS. The Kier molecular flexibility index (Phi) is 4.52. The molecule has 0 aliphatic heterocycles. The van der Waals surface area contributed by atoms with Gasteiger partial charge in [-0.25, -0.2) is 4.68 Å². The average Bonchev–Trinajstić information content (AvgIpc) is 3.21. The largest absolute Gasteiger partial charge is 0.291 e. The maximum Gasteiger partial charge on any atom is 0.279 e. The summed E-state index contributed by atoms with van der Waals surface area (Å²) in [6, 6.07) is 19.3. The highest BCUT2D eigenvalue weighted by atomic mass is 32.2. The Morgan fingerprint density at radius 2 is 1.63 bits per heavy atom. The van der Waals surface area contributed by atoms with Crippen LogP contribution >= 0.6 is 11.8 Å². The van der Waals surface area contributed by atoms with Crippen molar-refractivity contribution in [1.82, 2.24) is 24.5 Å². The minimum Gasteiger partial charge on any atom is -0.291 e. The second kappa shape index (κ2) is 7.13. The first-order valence-corrected chi connectivity index (χ1v) is 9.23. The number of nitrogens with zero attached hydrogens (tertiary/aromatic N) is 4. The van der Waals surface area contributed by atoms with Crippen LogP contribution in [0.2, 0.25) is 0 Å². The molecule has 2 heterocycles. The third-order valence-corrected chi connectivity index (χ3v) is 4.94. The molecule has 2 aromatic heterocycles. The number of thioether (sulfide) groups is 1. The van der Waals surface area contributed by atoms with Crippen molar-refractivity contribution in [1.29, 1.82) is 0 Å². The van der Waals surface area contributed by atoms with E-state index in [-0.39, 0.29) is 5.56 Å². The van der Waals surface area contributed by atoms with Gasteiger partial charge in [-0.2, -0.15) is 0 Å². The number of aromatic nitrogens is 5. The van der Waals surface area contributed by atoms with Crippen molar-refractivity contribution in [2.45, 2.75) is 12.1 Å². The van der Waals surface area contributed by atoms with Crippen LogP contribution in [0.5, 0.6) is 0 Å². The molecular weight excluding hydrogens is 358 g/mol. The van der Waals surface area contributed by atoms with Crippen molar-refractivity contribution in [2.75, 3.05) is 0 Å².